The minimum atomic E-state index is -0.587. The molecule has 114 valence electrons. The fourth-order valence-electron chi connectivity index (χ4n) is 2.56. The summed E-state index contributed by atoms with van der Waals surface area (Å²) in [5.74, 6) is -0.563. The lowest BCUT2D eigenvalue weighted by Gasteiger charge is -2.33. The van der Waals surface area contributed by atoms with Gasteiger partial charge in [-0.1, -0.05) is 11.6 Å². The third-order valence-electron chi connectivity index (χ3n) is 3.95. The van der Waals surface area contributed by atoms with Crippen molar-refractivity contribution < 1.29 is 14.3 Å². The summed E-state index contributed by atoms with van der Waals surface area (Å²) in [5.41, 5.74) is 1.22. The molecule has 1 amide bonds. The molecule has 0 aromatic heterocycles. The fourth-order valence-corrected chi connectivity index (χ4v) is 2.56. The maximum Gasteiger partial charge on any atom is 0.339 e. The first-order chi connectivity index (χ1) is 9.96. The molecule has 5 heteroatoms. The second-order valence-electron chi connectivity index (χ2n) is 5.71. The van der Waals surface area contributed by atoms with E-state index in [9.17, 15) is 9.59 Å². The summed E-state index contributed by atoms with van der Waals surface area (Å²) in [6.45, 7) is 4.62. The number of nitrogens with one attached hydrogen (secondary N) is 2. The van der Waals surface area contributed by atoms with Gasteiger partial charge in [-0.2, -0.15) is 0 Å². The van der Waals surface area contributed by atoms with Gasteiger partial charge >= 0.3 is 5.97 Å². The van der Waals surface area contributed by atoms with Crippen LogP contribution >= 0.6 is 0 Å². The molecule has 0 aliphatic carbocycles. The van der Waals surface area contributed by atoms with Crippen molar-refractivity contribution in [3.05, 3.63) is 29.3 Å². The molecule has 1 heterocycles. The highest BCUT2D eigenvalue weighted by atomic mass is 16.5. The van der Waals surface area contributed by atoms with Gasteiger partial charge < -0.3 is 15.4 Å². The summed E-state index contributed by atoms with van der Waals surface area (Å²) in [5, 5.41) is 6.12. The van der Waals surface area contributed by atoms with Gasteiger partial charge in [-0.25, -0.2) is 4.79 Å². The molecular formula is C16H22N2O3. The van der Waals surface area contributed by atoms with Crippen molar-refractivity contribution in [2.75, 3.05) is 19.0 Å². The lowest BCUT2D eigenvalue weighted by molar-refractivity contribution is -0.122. The van der Waals surface area contributed by atoms with Gasteiger partial charge in [-0.15, -0.1) is 0 Å². The zero-order valence-electron chi connectivity index (χ0n) is 12.8. The highest BCUT2D eigenvalue weighted by molar-refractivity contribution is 6.04. The Morgan fingerprint density at radius 3 is 2.71 bits per heavy atom. The van der Waals surface area contributed by atoms with Crippen LogP contribution in [0.4, 0.5) is 5.69 Å². The molecule has 1 aliphatic rings. The number of aryl methyl sites for hydroxylation is 1. The van der Waals surface area contributed by atoms with Crippen molar-refractivity contribution in [2.45, 2.75) is 38.6 Å². The number of anilines is 1. The van der Waals surface area contributed by atoms with Crippen molar-refractivity contribution in [3.8, 4) is 0 Å². The molecule has 1 fully saturated rings. The highest BCUT2D eigenvalue weighted by Gasteiger charge is 2.34. The molecule has 1 unspecified atom stereocenters. The number of piperidine rings is 1. The van der Waals surface area contributed by atoms with E-state index in [0.717, 1.165) is 31.4 Å². The number of methoxy groups -OCH3 is 1. The second-order valence-corrected chi connectivity index (χ2v) is 5.71. The van der Waals surface area contributed by atoms with Crippen LogP contribution in [-0.4, -0.2) is 31.1 Å². The van der Waals surface area contributed by atoms with E-state index < -0.39 is 11.5 Å². The van der Waals surface area contributed by atoms with Gasteiger partial charge in [0.05, 0.1) is 23.9 Å². The van der Waals surface area contributed by atoms with Crippen molar-refractivity contribution in [3.63, 3.8) is 0 Å². The first-order valence-electron chi connectivity index (χ1n) is 7.22. The molecule has 2 rings (SSSR count). The molecule has 1 aromatic rings. The molecular weight excluding hydrogens is 268 g/mol. The molecule has 0 bridgehead atoms. The van der Waals surface area contributed by atoms with E-state index in [1.165, 1.54) is 7.11 Å². The molecule has 1 atom stereocenters. The summed E-state index contributed by atoms with van der Waals surface area (Å²) >= 11 is 0. The molecule has 0 spiro atoms. The van der Waals surface area contributed by atoms with Crippen molar-refractivity contribution in [1.29, 1.82) is 0 Å². The molecule has 1 aliphatic heterocycles. The van der Waals surface area contributed by atoms with Crippen LogP contribution in [0.25, 0.3) is 0 Å². The standard InChI is InChI=1S/C16H22N2O3/c1-11-6-7-13(12(10-11)14(19)21-3)18-15(20)16(2)8-4-5-9-17-16/h6-7,10,17H,4-5,8-9H2,1-3H3,(H,18,20). The van der Waals surface area contributed by atoms with E-state index in [-0.39, 0.29) is 5.91 Å². The Morgan fingerprint density at radius 2 is 2.10 bits per heavy atom. The number of carbonyl (C=O) groups is 2. The van der Waals surface area contributed by atoms with Crippen LogP contribution in [0.5, 0.6) is 0 Å². The number of amides is 1. The number of benzene rings is 1. The highest BCUT2D eigenvalue weighted by Crippen LogP contribution is 2.23. The second kappa shape index (κ2) is 6.26. The number of ether oxygens (including phenoxy) is 1. The monoisotopic (exact) mass is 290 g/mol. The predicted molar refractivity (Wildman–Crippen MR) is 81.4 cm³/mol. The third-order valence-corrected chi connectivity index (χ3v) is 3.95. The van der Waals surface area contributed by atoms with Gasteiger partial charge in [0.25, 0.3) is 0 Å². The van der Waals surface area contributed by atoms with Gasteiger partial charge in [0.1, 0.15) is 0 Å². The Bertz CT molecular complexity index is 548. The molecule has 0 saturated carbocycles. The van der Waals surface area contributed by atoms with Gasteiger partial charge in [-0.3, -0.25) is 4.79 Å². The first-order valence-corrected chi connectivity index (χ1v) is 7.22. The van der Waals surface area contributed by atoms with E-state index in [2.05, 4.69) is 10.6 Å². The fraction of sp³-hybridized carbons (Fsp3) is 0.500. The van der Waals surface area contributed by atoms with Crippen molar-refractivity contribution >= 4 is 17.6 Å². The van der Waals surface area contributed by atoms with Crippen LogP contribution in [0.15, 0.2) is 18.2 Å². The molecule has 1 saturated heterocycles. The maximum atomic E-state index is 12.5. The van der Waals surface area contributed by atoms with Crippen molar-refractivity contribution in [2.24, 2.45) is 0 Å². The van der Waals surface area contributed by atoms with Gasteiger partial charge in [0.2, 0.25) is 5.91 Å². The molecule has 2 N–H and O–H groups in total. The topological polar surface area (TPSA) is 67.4 Å². The van der Waals surface area contributed by atoms with Crippen LogP contribution < -0.4 is 10.6 Å². The normalized spacial score (nSPS) is 21.7. The third kappa shape index (κ3) is 3.42. The van der Waals surface area contributed by atoms with E-state index in [4.69, 9.17) is 4.74 Å². The lowest BCUT2D eigenvalue weighted by Crippen LogP contribution is -2.54. The summed E-state index contributed by atoms with van der Waals surface area (Å²) in [7, 11) is 1.33. The Morgan fingerprint density at radius 1 is 1.33 bits per heavy atom. The van der Waals surface area contributed by atoms with Gasteiger partial charge in [-0.05, 0) is 51.8 Å². The van der Waals surface area contributed by atoms with E-state index in [1.807, 2.05) is 19.9 Å². The Labute approximate surface area is 125 Å². The average Bonchev–Trinajstić information content (AvgIpc) is 2.49. The van der Waals surface area contributed by atoms with Crippen molar-refractivity contribution in [1.82, 2.24) is 5.32 Å². The molecule has 0 radical (unpaired) electrons. The van der Waals surface area contributed by atoms with E-state index >= 15 is 0 Å². The van der Waals surface area contributed by atoms with Gasteiger partial charge in [0, 0.05) is 0 Å². The summed E-state index contributed by atoms with van der Waals surface area (Å²) in [6.07, 6.45) is 2.90. The summed E-state index contributed by atoms with van der Waals surface area (Å²) in [4.78, 5) is 24.3. The number of hydrogen-bond acceptors (Lipinski definition) is 4. The Kier molecular flexibility index (Phi) is 4.63. The van der Waals surface area contributed by atoms with E-state index in [1.54, 1.807) is 12.1 Å². The SMILES string of the molecule is COC(=O)c1cc(C)ccc1NC(=O)C1(C)CCCCN1. The Hall–Kier alpha value is -1.88. The smallest absolute Gasteiger partial charge is 0.339 e. The minimum Gasteiger partial charge on any atom is -0.465 e. The van der Waals surface area contributed by atoms with Crippen LogP contribution in [0.3, 0.4) is 0 Å². The maximum absolute atomic E-state index is 12.5. The lowest BCUT2D eigenvalue weighted by atomic mass is 9.90. The quantitative estimate of drug-likeness (QED) is 0.838. The number of hydrogen-bond donors (Lipinski definition) is 2. The number of carbonyl (C=O) groups excluding carboxylic acids is 2. The number of esters is 1. The summed E-state index contributed by atoms with van der Waals surface area (Å²) in [6, 6.07) is 5.32. The average molecular weight is 290 g/mol. The minimum absolute atomic E-state index is 0.115. The zero-order valence-corrected chi connectivity index (χ0v) is 12.8. The molecule has 5 nitrogen and oxygen atoms in total. The molecule has 21 heavy (non-hydrogen) atoms. The van der Waals surface area contributed by atoms with Crippen LogP contribution in [-0.2, 0) is 9.53 Å². The van der Waals surface area contributed by atoms with Crippen LogP contribution in [0, 0.1) is 6.92 Å². The molecule has 1 aromatic carbocycles. The van der Waals surface area contributed by atoms with Crippen LogP contribution in [0.1, 0.15) is 42.1 Å². The summed E-state index contributed by atoms with van der Waals surface area (Å²) < 4.78 is 4.78. The van der Waals surface area contributed by atoms with E-state index in [0.29, 0.717) is 11.3 Å². The zero-order chi connectivity index (χ0) is 15.5. The van der Waals surface area contributed by atoms with Gasteiger partial charge in [0.15, 0.2) is 0 Å². The first kappa shape index (κ1) is 15.5. The largest absolute Gasteiger partial charge is 0.465 e. The predicted octanol–water partition coefficient (Wildman–Crippen LogP) is 2.25. The number of rotatable bonds is 3. The van der Waals surface area contributed by atoms with Crippen LogP contribution in [0.2, 0.25) is 0 Å². The Balaban J connectivity index is 2.22.